The second-order valence-corrected chi connectivity index (χ2v) is 5.54. The van der Waals surface area contributed by atoms with E-state index in [0.717, 1.165) is 37.8 Å². The number of benzene rings is 1. The summed E-state index contributed by atoms with van der Waals surface area (Å²) in [5.74, 6) is -0.990. The number of carboxylic acid groups (broad SMARTS) is 1. The molecule has 1 aliphatic carbocycles. The van der Waals surface area contributed by atoms with Gasteiger partial charge in [0.25, 0.3) is 0 Å². The fourth-order valence-corrected chi connectivity index (χ4v) is 2.24. The average Bonchev–Trinajstić information content (AvgIpc) is 3.26. The van der Waals surface area contributed by atoms with Crippen LogP contribution in [0.3, 0.4) is 0 Å². The van der Waals surface area contributed by atoms with Gasteiger partial charge in [-0.2, -0.15) is 0 Å². The molecule has 0 saturated heterocycles. The van der Waals surface area contributed by atoms with Gasteiger partial charge in [0.1, 0.15) is 0 Å². The third-order valence-corrected chi connectivity index (χ3v) is 3.73. The lowest BCUT2D eigenvalue weighted by Gasteiger charge is -2.23. The summed E-state index contributed by atoms with van der Waals surface area (Å²) in [6, 6.07) is 4.99. The van der Waals surface area contributed by atoms with Gasteiger partial charge in [0.15, 0.2) is 0 Å². The summed E-state index contributed by atoms with van der Waals surface area (Å²) in [4.78, 5) is 25.3. The average molecular weight is 290 g/mol. The number of amides is 2. The molecule has 5 nitrogen and oxygen atoms in total. The van der Waals surface area contributed by atoms with E-state index in [0.29, 0.717) is 11.7 Å². The molecule has 1 saturated carbocycles. The monoisotopic (exact) mass is 290 g/mol. The van der Waals surface area contributed by atoms with Crippen molar-refractivity contribution in [1.82, 2.24) is 4.90 Å². The zero-order valence-corrected chi connectivity index (χ0v) is 12.6. The van der Waals surface area contributed by atoms with Crippen molar-refractivity contribution in [3.63, 3.8) is 0 Å². The quantitative estimate of drug-likeness (QED) is 0.842. The first-order valence-corrected chi connectivity index (χ1v) is 7.44. The molecule has 1 aromatic rings. The second kappa shape index (κ2) is 6.61. The minimum atomic E-state index is -0.990. The van der Waals surface area contributed by atoms with E-state index in [2.05, 4.69) is 12.2 Å². The van der Waals surface area contributed by atoms with Crippen LogP contribution in [0.1, 0.15) is 48.5 Å². The van der Waals surface area contributed by atoms with Crippen molar-refractivity contribution in [3.8, 4) is 0 Å². The summed E-state index contributed by atoms with van der Waals surface area (Å²) in [5, 5.41) is 11.9. The Morgan fingerprint density at radius 1 is 1.38 bits per heavy atom. The summed E-state index contributed by atoms with van der Waals surface area (Å²) in [7, 11) is 0. The number of aryl methyl sites for hydroxylation is 1. The number of unbranched alkanes of at least 4 members (excludes halogenated alkanes) is 1. The summed E-state index contributed by atoms with van der Waals surface area (Å²) in [6.07, 6.45) is 4.15. The van der Waals surface area contributed by atoms with E-state index in [1.807, 2.05) is 11.8 Å². The molecule has 0 bridgehead atoms. The van der Waals surface area contributed by atoms with Crippen molar-refractivity contribution in [2.75, 3.05) is 11.9 Å². The van der Waals surface area contributed by atoms with E-state index >= 15 is 0 Å². The number of carbonyl (C=O) groups is 2. The van der Waals surface area contributed by atoms with E-state index in [9.17, 15) is 9.59 Å². The number of carboxylic acids is 1. The Labute approximate surface area is 125 Å². The molecule has 5 heteroatoms. The molecule has 2 amide bonds. The Bertz CT molecular complexity index is 538. The molecule has 2 rings (SSSR count). The molecule has 21 heavy (non-hydrogen) atoms. The first-order valence-electron chi connectivity index (χ1n) is 7.44. The molecule has 0 aromatic heterocycles. The van der Waals surface area contributed by atoms with Gasteiger partial charge in [0.2, 0.25) is 0 Å². The maximum absolute atomic E-state index is 12.4. The van der Waals surface area contributed by atoms with Gasteiger partial charge < -0.3 is 15.3 Å². The van der Waals surface area contributed by atoms with Crippen LogP contribution in [0, 0.1) is 6.92 Å². The molecule has 114 valence electrons. The zero-order valence-electron chi connectivity index (χ0n) is 12.6. The number of rotatable bonds is 6. The van der Waals surface area contributed by atoms with Crippen molar-refractivity contribution in [2.45, 2.75) is 45.6 Å². The lowest BCUT2D eigenvalue weighted by molar-refractivity contribution is 0.0697. The number of aromatic carboxylic acids is 1. The number of nitrogens with one attached hydrogen (secondary N) is 1. The molecule has 0 unspecified atom stereocenters. The third-order valence-electron chi connectivity index (χ3n) is 3.73. The highest BCUT2D eigenvalue weighted by molar-refractivity contribution is 5.94. The van der Waals surface area contributed by atoms with Crippen LogP contribution < -0.4 is 5.32 Å². The van der Waals surface area contributed by atoms with Crippen LogP contribution in [0.25, 0.3) is 0 Å². The fourth-order valence-electron chi connectivity index (χ4n) is 2.24. The normalized spacial score (nSPS) is 13.8. The minimum absolute atomic E-state index is 0.128. The van der Waals surface area contributed by atoms with Crippen molar-refractivity contribution >= 4 is 17.7 Å². The molecular formula is C16H22N2O3. The van der Waals surface area contributed by atoms with E-state index in [1.54, 1.807) is 12.1 Å². The number of urea groups is 1. The topological polar surface area (TPSA) is 69.6 Å². The van der Waals surface area contributed by atoms with Crippen LogP contribution in [0.5, 0.6) is 0 Å². The Balaban J connectivity index is 2.10. The summed E-state index contributed by atoms with van der Waals surface area (Å²) < 4.78 is 0. The second-order valence-electron chi connectivity index (χ2n) is 5.54. The number of carbonyl (C=O) groups excluding carboxylic acids is 1. The number of anilines is 1. The zero-order chi connectivity index (χ0) is 15.4. The molecule has 1 fully saturated rings. The van der Waals surface area contributed by atoms with Crippen LogP contribution in [0.15, 0.2) is 18.2 Å². The van der Waals surface area contributed by atoms with Gasteiger partial charge in [-0.1, -0.05) is 19.4 Å². The van der Waals surface area contributed by atoms with E-state index < -0.39 is 5.97 Å². The standard InChI is InChI=1S/C16H22N2O3/c1-3-4-9-18(13-7-8-13)16(21)17-14-10-12(15(19)20)6-5-11(14)2/h5-6,10,13H,3-4,7-9H2,1-2H3,(H,17,21)(H,19,20). The Hall–Kier alpha value is -2.04. The summed E-state index contributed by atoms with van der Waals surface area (Å²) in [5.41, 5.74) is 1.61. The van der Waals surface area contributed by atoms with E-state index in [4.69, 9.17) is 5.11 Å². The highest BCUT2D eigenvalue weighted by Gasteiger charge is 2.32. The van der Waals surface area contributed by atoms with Crippen LogP contribution in [-0.2, 0) is 0 Å². The molecular weight excluding hydrogens is 268 g/mol. The number of hydrogen-bond acceptors (Lipinski definition) is 2. The SMILES string of the molecule is CCCCN(C(=O)Nc1cc(C(=O)O)ccc1C)C1CC1. The molecule has 0 heterocycles. The Morgan fingerprint density at radius 3 is 2.67 bits per heavy atom. The van der Waals surface area contributed by atoms with Crippen LogP contribution >= 0.6 is 0 Å². The maximum atomic E-state index is 12.4. The predicted octanol–water partition coefficient (Wildman–Crippen LogP) is 3.49. The lowest BCUT2D eigenvalue weighted by Crippen LogP contribution is -2.37. The van der Waals surface area contributed by atoms with E-state index in [-0.39, 0.29) is 11.6 Å². The van der Waals surface area contributed by atoms with Crippen molar-refractivity contribution in [3.05, 3.63) is 29.3 Å². The third kappa shape index (κ3) is 3.97. The first-order chi connectivity index (χ1) is 10.0. The number of nitrogens with zero attached hydrogens (tertiary/aromatic N) is 1. The van der Waals surface area contributed by atoms with Gasteiger partial charge >= 0.3 is 12.0 Å². The van der Waals surface area contributed by atoms with Crippen LogP contribution in [0.4, 0.5) is 10.5 Å². The predicted molar refractivity (Wildman–Crippen MR) is 81.8 cm³/mol. The molecule has 0 radical (unpaired) electrons. The largest absolute Gasteiger partial charge is 0.478 e. The smallest absolute Gasteiger partial charge is 0.335 e. The van der Waals surface area contributed by atoms with Gasteiger partial charge in [0, 0.05) is 18.3 Å². The highest BCUT2D eigenvalue weighted by atomic mass is 16.4. The molecule has 0 aliphatic heterocycles. The summed E-state index contributed by atoms with van der Waals surface area (Å²) >= 11 is 0. The highest BCUT2D eigenvalue weighted by Crippen LogP contribution is 2.28. The fraction of sp³-hybridized carbons (Fsp3) is 0.500. The van der Waals surface area contributed by atoms with Crippen molar-refractivity contribution in [2.24, 2.45) is 0 Å². The van der Waals surface area contributed by atoms with Gasteiger partial charge in [-0.25, -0.2) is 9.59 Å². The van der Waals surface area contributed by atoms with Gasteiger partial charge in [-0.05, 0) is 43.9 Å². The van der Waals surface area contributed by atoms with Crippen molar-refractivity contribution in [1.29, 1.82) is 0 Å². The van der Waals surface area contributed by atoms with Gasteiger partial charge in [0.05, 0.1) is 5.56 Å². The van der Waals surface area contributed by atoms with Crippen molar-refractivity contribution < 1.29 is 14.7 Å². The number of hydrogen-bond donors (Lipinski definition) is 2. The Morgan fingerprint density at radius 2 is 2.10 bits per heavy atom. The molecule has 2 N–H and O–H groups in total. The minimum Gasteiger partial charge on any atom is -0.478 e. The molecule has 1 aliphatic rings. The molecule has 0 spiro atoms. The molecule has 0 atom stereocenters. The van der Waals surface area contributed by atoms with Crippen LogP contribution in [-0.4, -0.2) is 34.6 Å². The van der Waals surface area contributed by atoms with E-state index in [1.165, 1.54) is 6.07 Å². The summed E-state index contributed by atoms with van der Waals surface area (Å²) in [6.45, 7) is 4.71. The van der Waals surface area contributed by atoms with Crippen LogP contribution in [0.2, 0.25) is 0 Å². The molecule has 1 aromatic carbocycles. The van der Waals surface area contributed by atoms with Gasteiger partial charge in [-0.15, -0.1) is 0 Å². The van der Waals surface area contributed by atoms with Gasteiger partial charge in [-0.3, -0.25) is 0 Å². The lowest BCUT2D eigenvalue weighted by atomic mass is 10.1. The Kier molecular flexibility index (Phi) is 4.83. The first kappa shape index (κ1) is 15.4. The maximum Gasteiger partial charge on any atom is 0.335 e.